The van der Waals surface area contributed by atoms with E-state index in [-0.39, 0.29) is 18.7 Å². The molecule has 0 bridgehead atoms. The van der Waals surface area contributed by atoms with Gasteiger partial charge in [-0.15, -0.1) is 0 Å². The number of ketones is 1. The predicted molar refractivity (Wildman–Crippen MR) is 99.1 cm³/mol. The lowest BCUT2D eigenvalue weighted by Gasteiger charge is -2.29. The summed E-state index contributed by atoms with van der Waals surface area (Å²) in [5, 5.41) is 0. The van der Waals surface area contributed by atoms with Crippen LogP contribution < -0.4 is 0 Å². The van der Waals surface area contributed by atoms with E-state index in [1.165, 1.54) is 6.92 Å². The number of esters is 1. The van der Waals surface area contributed by atoms with E-state index >= 15 is 0 Å². The number of Topliss-reactive ketones (excluding diaryl/α,β-unsaturated/α-hetero) is 1. The molecule has 0 spiro atoms. The van der Waals surface area contributed by atoms with Crippen molar-refractivity contribution in [1.82, 2.24) is 0 Å². The molecule has 1 fully saturated rings. The number of carbonyl (C=O) groups is 3. The molecule has 0 unspecified atom stereocenters. The molecule has 0 aromatic heterocycles. The molecule has 1 aliphatic rings. The van der Waals surface area contributed by atoms with Gasteiger partial charge in [0.05, 0.1) is 6.10 Å². The standard InChI is InChI=1S/C19H23BrO7/c1-11(24-10-21)17(25-12(2)22)18-16(26-19(3,4)27-18)9-15(23)13-5-7-14(20)8-6-13/h5-8,10-11,16-18H,9H2,1-4H3/t11-,16-,17-,18-/m1/s1. The number of ether oxygens (including phenoxy) is 4. The third kappa shape index (κ3) is 5.85. The number of benzene rings is 1. The van der Waals surface area contributed by atoms with E-state index in [4.69, 9.17) is 18.9 Å². The van der Waals surface area contributed by atoms with Crippen LogP contribution in [0.4, 0.5) is 0 Å². The van der Waals surface area contributed by atoms with Gasteiger partial charge in [-0.05, 0) is 32.9 Å². The quantitative estimate of drug-likeness (QED) is 0.347. The smallest absolute Gasteiger partial charge is 0.303 e. The molecule has 148 valence electrons. The summed E-state index contributed by atoms with van der Waals surface area (Å²) in [6.45, 7) is 6.54. The van der Waals surface area contributed by atoms with Gasteiger partial charge in [0.15, 0.2) is 17.7 Å². The summed E-state index contributed by atoms with van der Waals surface area (Å²) >= 11 is 3.33. The minimum Gasteiger partial charge on any atom is -0.461 e. The maximum absolute atomic E-state index is 12.7. The lowest BCUT2D eigenvalue weighted by Crippen LogP contribution is -2.46. The lowest BCUT2D eigenvalue weighted by molar-refractivity contribution is -0.183. The summed E-state index contributed by atoms with van der Waals surface area (Å²) in [7, 11) is 0. The van der Waals surface area contributed by atoms with Crippen LogP contribution in [0.1, 0.15) is 44.5 Å². The molecule has 4 atom stereocenters. The second-order valence-corrected chi connectivity index (χ2v) is 7.70. The third-order valence-electron chi connectivity index (χ3n) is 4.13. The van der Waals surface area contributed by atoms with Gasteiger partial charge < -0.3 is 18.9 Å². The zero-order chi connectivity index (χ0) is 20.2. The Morgan fingerprint density at radius 2 is 1.89 bits per heavy atom. The Kier molecular flexibility index (Phi) is 7.13. The summed E-state index contributed by atoms with van der Waals surface area (Å²) in [5.74, 6) is -1.66. The van der Waals surface area contributed by atoms with E-state index in [2.05, 4.69) is 15.9 Å². The molecule has 1 heterocycles. The average Bonchev–Trinajstić information content (AvgIpc) is 2.87. The van der Waals surface area contributed by atoms with Crippen LogP contribution in [0, 0.1) is 0 Å². The van der Waals surface area contributed by atoms with Crippen molar-refractivity contribution in [3.05, 3.63) is 34.3 Å². The van der Waals surface area contributed by atoms with E-state index in [1.54, 1.807) is 45.0 Å². The Bertz CT molecular complexity index is 686. The van der Waals surface area contributed by atoms with Crippen molar-refractivity contribution in [2.45, 2.75) is 64.3 Å². The van der Waals surface area contributed by atoms with Crippen LogP contribution in [0.3, 0.4) is 0 Å². The number of hydrogen-bond acceptors (Lipinski definition) is 7. The van der Waals surface area contributed by atoms with Gasteiger partial charge in [0.1, 0.15) is 12.2 Å². The highest BCUT2D eigenvalue weighted by atomic mass is 79.9. The molecule has 0 saturated carbocycles. The fraction of sp³-hybridized carbons (Fsp3) is 0.526. The molecular formula is C19H23BrO7. The Labute approximate surface area is 166 Å². The maximum Gasteiger partial charge on any atom is 0.303 e. The van der Waals surface area contributed by atoms with Crippen molar-refractivity contribution in [3.8, 4) is 0 Å². The first-order valence-electron chi connectivity index (χ1n) is 8.53. The number of rotatable bonds is 8. The Balaban J connectivity index is 2.22. The molecule has 0 N–H and O–H groups in total. The van der Waals surface area contributed by atoms with E-state index < -0.39 is 36.2 Å². The highest BCUT2D eigenvalue weighted by Gasteiger charge is 2.49. The highest BCUT2D eigenvalue weighted by molar-refractivity contribution is 9.10. The maximum atomic E-state index is 12.7. The molecule has 7 nitrogen and oxygen atoms in total. The van der Waals surface area contributed by atoms with Gasteiger partial charge in [0.25, 0.3) is 6.47 Å². The van der Waals surface area contributed by atoms with Crippen LogP contribution >= 0.6 is 15.9 Å². The molecule has 0 radical (unpaired) electrons. The lowest BCUT2D eigenvalue weighted by atomic mass is 9.97. The first-order valence-corrected chi connectivity index (χ1v) is 9.33. The summed E-state index contributed by atoms with van der Waals surface area (Å²) in [5.41, 5.74) is 0.534. The van der Waals surface area contributed by atoms with Crippen LogP contribution in [-0.2, 0) is 28.5 Å². The zero-order valence-electron chi connectivity index (χ0n) is 15.6. The van der Waals surface area contributed by atoms with Gasteiger partial charge in [-0.1, -0.05) is 28.1 Å². The largest absolute Gasteiger partial charge is 0.461 e. The topological polar surface area (TPSA) is 88.1 Å². The SMILES string of the molecule is CC(=O)O[C@@H]([C@@H]1OC(C)(C)O[C@@H]1CC(=O)c1ccc(Br)cc1)[C@@H](C)OC=O. The van der Waals surface area contributed by atoms with Gasteiger partial charge in [-0.3, -0.25) is 14.4 Å². The molecule has 1 aliphatic heterocycles. The predicted octanol–water partition coefficient (Wildman–Crippen LogP) is 3.04. The van der Waals surface area contributed by atoms with Crippen LogP contribution in [0.15, 0.2) is 28.7 Å². The summed E-state index contributed by atoms with van der Waals surface area (Å²) in [6.07, 6.45) is -3.07. The van der Waals surface area contributed by atoms with Crippen molar-refractivity contribution in [2.75, 3.05) is 0 Å². The first-order chi connectivity index (χ1) is 12.6. The summed E-state index contributed by atoms with van der Waals surface area (Å²) < 4.78 is 22.9. The van der Waals surface area contributed by atoms with E-state index in [0.717, 1.165) is 4.47 Å². The summed E-state index contributed by atoms with van der Waals surface area (Å²) in [4.78, 5) is 34.9. The number of halogens is 1. The number of hydrogen-bond donors (Lipinski definition) is 0. The molecule has 1 aromatic carbocycles. The first kappa shape index (κ1) is 21.5. The van der Waals surface area contributed by atoms with Gasteiger partial charge in [-0.2, -0.15) is 0 Å². The normalized spacial score (nSPS) is 23.3. The van der Waals surface area contributed by atoms with Crippen LogP contribution in [0.25, 0.3) is 0 Å². The van der Waals surface area contributed by atoms with Crippen molar-refractivity contribution in [2.24, 2.45) is 0 Å². The molecule has 8 heteroatoms. The van der Waals surface area contributed by atoms with Gasteiger partial charge >= 0.3 is 5.97 Å². The highest BCUT2D eigenvalue weighted by Crippen LogP contribution is 2.34. The van der Waals surface area contributed by atoms with Crippen molar-refractivity contribution < 1.29 is 33.3 Å². The zero-order valence-corrected chi connectivity index (χ0v) is 17.2. The molecule has 27 heavy (non-hydrogen) atoms. The van der Waals surface area contributed by atoms with Crippen LogP contribution in [0.5, 0.6) is 0 Å². The minimum atomic E-state index is -0.978. The Morgan fingerprint density at radius 3 is 2.44 bits per heavy atom. The van der Waals surface area contributed by atoms with Crippen molar-refractivity contribution in [1.29, 1.82) is 0 Å². The van der Waals surface area contributed by atoms with Crippen LogP contribution in [-0.4, -0.2) is 48.4 Å². The molecule has 1 saturated heterocycles. The fourth-order valence-corrected chi connectivity index (χ4v) is 3.29. The second-order valence-electron chi connectivity index (χ2n) is 6.78. The fourth-order valence-electron chi connectivity index (χ4n) is 3.02. The monoisotopic (exact) mass is 442 g/mol. The number of carbonyl (C=O) groups excluding carboxylic acids is 3. The Morgan fingerprint density at radius 1 is 1.26 bits per heavy atom. The molecule has 0 amide bonds. The van der Waals surface area contributed by atoms with E-state index in [0.29, 0.717) is 5.56 Å². The molecule has 1 aromatic rings. The van der Waals surface area contributed by atoms with Gasteiger partial charge in [0.2, 0.25) is 0 Å². The third-order valence-corrected chi connectivity index (χ3v) is 4.66. The van der Waals surface area contributed by atoms with Gasteiger partial charge in [-0.25, -0.2) is 0 Å². The molecule has 0 aliphatic carbocycles. The second kappa shape index (κ2) is 8.95. The van der Waals surface area contributed by atoms with Gasteiger partial charge in [0, 0.05) is 23.4 Å². The van der Waals surface area contributed by atoms with Crippen molar-refractivity contribution in [3.63, 3.8) is 0 Å². The van der Waals surface area contributed by atoms with E-state index in [1.807, 2.05) is 0 Å². The molecular weight excluding hydrogens is 420 g/mol. The minimum absolute atomic E-state index is 0.0291. The average molecular weight is 443 g/mol. The van der Waals surface area contributed by atoms with E-state index in [9.17, 15) is 14.4 Å². The summed E-state index contributed by atoms with van der Waals surface area (Å²) in [6, 6.07) is 6.98. The molecule has 2 rings (SSSR count). The van der Waals surface area contributed by atoms with Crippen molar-refractivity contribution >= 4 is 34.2 Å². The Hall–Kier alpha value is -1.77. The van der Waals surface area contributed by atoms with Crippen LogP contribution in [0.2, 0.25) is 0 Å².